The molecule has 4 N–H and O–H groups in total. The van der Waals surface area contributed by atoms with Gasteiger partial charge in [0.05, 0.1) is 11.6 Å². The highest BCUT2D eigenvalue weighted by Gasteiger charge is 2.51. The number of nitrogens with two attached hydrogens (primary N) is 2. The number of halogens is 2. The topological polar surface area (TPSA) is 115 Å². The highest BCUT2D eigenvalue weighted by Crippen LogP contribution is 2.54. The quantitative estimate of drug-likeness (QED) is 0.695. The zero-order valence-electron chi connectivity index (χ0n) is 16.0. The molecule has 0 bridgehead atoms. The molecule has 0 amide bonds. The third-order valence-electron chi connectivity index (χ3n) is 5.79. The van der Waals surface area contributed by atoms with Crippen molar-refractivity contribution in [3.63, 3.8) is 0 Å². The first kappa shape index (κ1) is 19.8. The van der Waals surface area contributed by atoms with Crippen molar-refractivity contribution in [1.82, 2.24) is 4.98 Å². The molecule has 2 heterocycles. The summed E-state index contributed by atoms with van der Waals surface area (Å²) in [6, 6.07) is 7.14. The van der Waals surface area contributed by atoms with Crippen molar-refractivity contribution >= 4 is 40.5 Å². The van der Waals surface area contributed by atoms with E-state index in [1.807, 2.05) is 19.9 Å². The lowest BCUT2D eigenvalue weighted by Crippen LogP contribution is -2.49. The standard InChI is InChI=1S/C21H20Cl2N4O2/c1-21(2)6-13(28)16-14(7-21)29-20-17(18(25)11(8-24)19(26)27-20)15(16)10-4-3-9(22)5-12(10)23/h3-5,14-16H,6-7H2,1-2H3,(H4,25,26,27). The van der Waals surface area contributed by atoms with Crippen molar-refractivity contribution in [1.29, 1.82) is 5.26 Å². The molecule has 0 spiro atoms. The number of fused-ring (bicyclic) bond motifs is 2. The van der Waals surface area contributed by atoms with Crippen molar-refractivity contribution < 1.29 is 9.53 Å². The van der Waals surface area contributed by atoms with E-state index in [1.165, 1.54) is 0 Å². The van der Waals surface area contributed by atoms with Crippen molar-refractivity contribution in [2.24, 2.45) is 11.3 Å². The number of ketones is 1. The summed E-state index contributed by atoms with van der Waals surface area (Å²) in [6.07, 6.45) is 0.698. The highest BCUT2D eigenvalue weighted by atomic mass is 35.5. The number of benzene rings is 1. The maximum absolute atomic E-state index is 13.2. The first-order valence-corrected chi connectivity index (χ1v) is 10.0. The number of anilines is 2. The predicted octanol–water partition coefficient (Wildman–Crippen LogP) is 4.32. The van der Waals surface area contributed by atoms with Crippen LogP contribution in [0.1, 0.15) is 49.3 Å². The molecule has 4 rings (SSSR count). The van der Waals surface area contributed by atoms with Gasteiger partial charge in [-0.15, -0.1) is 0 Å². The fourth-order valence-electron chi connectivity index (χ4n) is 4.60. The maximum atomic E-state index is 13.2. The molecule has 0 radical (unpaired) electrons. The van der Waals surface area contributed by atoms with Gasteiger partial charge in [-0.25, -0.2) is 0 Å². The Hall–Kier alpha value is -2.49. The fraction of sp³-hybridized carbons (Fsp3) is 0.381. The molecule has 8 heteroatoms. The summed E-state index contributed by atoms with van der Waals surface area (Å²) < 4.78 is 6.15. The van der Waals surface area contributed by atoms with Gasteiger partial charge in [0.15, 0.2) is 0 Å². The summed E-state index contributed by atoms with van der Waals surface area (Å²) in [5.41, 5.74) is 13.5. The molecule has 150 valence electrons. The van der Waals surface area contributed by atoms with Gasteiger partial charge >= 0.3 is 0 Å². The number of hydrogen-bond acceptors (Lipinski definition) is 6. The normalized spacial score (nSPS) is 24.8. The minimum absolute atomic E-state index is 0.00421. The molecule has 1 aliphatic heterocycles. The molecule has 1 aromatic heterocycles. The van der Waals surface area contributed by atoms with Crippen molar-refractivity contribution in [2.75, 3.05) is 11.5 Å². The summed E-state index contributed by atoms with van der Waals surface area (Å²) in [6.45, 7) is 4.08. The molecular formula is C21H20Cl2N4O2. The lowest BCUT2D eigenvalue weighted by atomic mass is 9.63. The van der Waals surface area contributed by atoms with Crippen molar-refractivity contribution in [3.05, 3.63) is 44.9 Å². The van der Waals surface area contributed by atoms with E-state index in [0.29, 0.717) is 34.0 Å². The van der Waals surface area contributed by atoms with Crippen molar-refractivity contribution in [3.8, 4) is 11.9 Å². The van der Waals surface area contributed by atoms with Crippen LogP contribution >= 0.6 is 23.2 Å². The monoisotopic (exact) mass is 430 g/mol. The van der Waals surface area contributed by atoms with E-state index < -0.39 is 17.9 Å². The van der Waals surface area contributed by atoms with Gasteiger partial charge < -0.3 is 16.2 Å². The summed E-state index contributed by atoms with van der Waals surface area (Å²) in [5, 5.41) is 10.4. The van der Waals surface area contributed by atoms with Gasteiger partial charge in [-0.2, -0.15) is 10.2 Å². The van der Waals surface area contributed by atoms with E-state index in [-0.39, 0.29) is 34.1 Å². The van der Waals surface area contributed by atoms with Crippen LogP contribution in [0.4, 0.5) is 11.5 Å². The Morgan fingerprint density at radius 1 is 1.31 bits per heavy atom. The zero-order chi connectivity index (χ0) is 21.1. The minimum Gasteiger partial charge on any atom is -0.473 e. The molecule has 6 nitrogen and oxygen atoms in total. The zero-order valence-corrected chi connectivity index (χ0v) is 17.5. The number of pyridine rings is 1. The molecule has 1 aromatic carbocycles. The average Bonchev–Trinajstić information content (AvgIpc) is 2.59. The van der Waals surface area contributed by atoms with Crippen LogP contribution in [0.2, 0.25) is 10.0 Å². The number of aromatic nitrogens is 1. The molecule has 29 heavy (non-hydrogen) atoms. The number of carbonyl (C=O) groups excluding carboxylic acids is 1. The number of nitrogens with zero attached hydrogens (tertiary/aromatic N) is 2. The smallest absolute Gasteiger partial charge is 0.221 e. The second-order valence-electron chi connectivity index (χ2n) is 8.45. The van der Waals surface area contributed by atoms with Gasteiger partial charge in [-0.1, -0.05) is 43.1 Å². The maximum Gasteiger partial charge on any atom is 0.221 e. The second-order valence-corrected chi connectivity index (χ2v) is 9.30. The van der Waals surface area contributed by atoms with Crippen LogP contribution in [0, 0.1) is 22.7 Å². The Kier molecular flexibility index (Phi) is 4.64. The number of Topliss-reactive ketones (excluding diaryl/α,β-unsaturated/α-hetero) is 1. The fourth-order valence-corrected chi connectivity index (χ4v) is 5.13. The number of carbonyl (C=O) groups is 1. The van der Waals surface area contributed by atoms with Gasteiger partial charge in [0.1, 0.15) is 29.3 Å². The number of nitrogen functional groups attached to an aromatic ring is 2. The summed E-state index contributed by atoms with van der Waals surface area (Å²) in [5.74, 6) is -0.667. The second kappa shape index (κ2) is 6.79. The van der Waals surface area contributed by atoms with Gasteiger partial charge in [0.2, 0.25) is 5.88 Å². The Morgan fingerprint density at radius 3 is 2.69 bits per heavy atom. The van der Waals surface area contributed by atoms with E-state index in [0.717, 1.165) is 0 Å². The highest BCUT2D eigenvalue weighted by molar-refractivity contribution is 6.35. The van der Waals surface area contributed by atoms with Crippen LogP contribution in [0.3, 0.4) is 0 Å². The van der Waals surface area contributed by atoms with Crippen LogP contribution < -0.4 is 16.2 Å². The van der Waals surface area contributed by atoms with Gasteiger partial charge in [0, 0.05) is 27.9 Å². The molecule has 1 fully saturated rings. The third-order valence-corrected chi connectivity index (χ3v) is 6.35. The van der Waals surface area contributed by atoms with Gasteiger partial charge in [-0.3, -0.25) is 4.79 Å². The largest absolute Gasteiger partial charge is 0.473 e. The first-order chi connectivity index (χ1) is 13.6. The Balaban J connectivity index is 2.00. The Labute approximate surface area is 178 Å². The van der Waals surface area contributed by atoms with Gasteiger partial charge in [-0.05, 0) is 29.5 Å². The van der Waals surface area contributed by atoms with Crippen LogP contribution in [0.15, 0.2) is 18.2 Å². The molecule has 1 saturated carbocycles. The molecule has 2 aromatic rings. The summed E-state index contributed by atoms with van der Waals surface area (Å²) >= 11 is 12.6. The van der Waals surface area contributed by atoms with E-state index in [4.69, 9.17) is 39.4 Å². The number of ether oxygens (including phenoxy) is 1. The van der Waals surface area contributed by atoms with Gasteiger partial charge in [0.25, 0.3) is 0 Å². The summed E-state index contributed by atoms with van der Waals surface area (Å²) in [7, 11) is 0. The first-order valence-electron chi connectivity index (χ1n) is 9.26. The number of rotatable bonds is 1. The lowest BCUT2D eigenvalue weighted by molar-refractivity contribution is -0.135. The van der Waals surface area contributed by atoms with Crippen LogP contribution in [0.5, 0.6) is 5.88 Å². The molecular weight excluding hydrogens is 411 g/mol. The van der Waals surface area contributed by atoms with Crippen LogP contribution in [-0.2, 0) is 4.79 Å². The van der Waals surface area contributed by atoms with Crippen LogP contribution in [-0.4, -0.2) is 16.9 Å². The molecule has 3 atom stereocenters. The Bertz CT molecular complexity index is 1080. The molecule has 2 aliphatic rings. The molecule has 0 saturated heterocycles. The third kappa shape index (κ3) is 3.19. The summed E-state index contributed by atoms with van der Waals surface area (Å²) in [4.78, 5) is 17.6. The number of nitriles is 1. The minimum atomic E-state index is -0.502. The predicted molar refractivity (Wildman–Crippen MR) is 112 cm³/mol. The molecule has 3 unspecified atom stereocenters. The van der Waals surface area contributed by atoms with E-state index in [9.17, 15) is 10.1 Å². The number of hydrogen-bond donors (Lipinski definition) is 2. The van der Waals surface area contributed by atoms with E-state index >= 15 is 0 Å². The van der Waals surface area contributed by atoms with Crippen LogP contribution in [0.25, 0.3) is 0 Å². The lowest BCUT2D eigenvalue weighted by Gasteiger charge is -2.46. The van der Waals surface area contributed by atoms with Crippen molar-refractivity contribution in [2.45, 2.75) is 38.7 Å². The Morgan fingerprint density at radius 2 is 2.03 bits per heavy atom. The van der Waals surface area contributed by atoms with E-state index in [2.05, 4.69) is 4.98 Å². The average molecular weight is 431 g/mol. The SMILES string of the molecule is CC1(C)CC(=O)C2C(C1)Oc1nc(N)c(C#N)c(N)c1C2c1ccc(Cl)cc1Cl. The molecule has 1 aliphatic carbocycles. The van der Waals surface area contributed by atoms with E-state index in [1.54, 1.807) is 18.2 Å².